The number of hydrogen-bond donors (Lipinski definition) is 3. The van der Waals surface area contributed by atoms with Crippen LogP contribution in [0.2, 0.25) is 0 Å². The van der Waals surface area contributed by atoms with Crippen LogP contribution in [0.3, 0.4) is 0 Å². The van der Waals surface area contributed by atoms with Crippen molar-refractivity contribution < 1.29 is 80.2 Å². The second kappa shape index (κ2) is 65.4. The lowest BCUT2D eigenvalue weighted by Gasteiger charge is -2.21. The Morgan fingerprint density at radius 1 is 0.295 bits per heavy atom. The van der Waals surface area contributed by atoms with Crippen molar-refractivity contribution in [3.8, 4) is 0 Å². The van der Waals surface area contributed by atoms with E-state index in [1.165, 1.54) is 180 Å². The molecule has 0 fully saturated rings. The molecule has 0 saturated heterocycles. The molecule has 3 unspecified atom stereocenters. The number of aliphatic hydroxyl groups excluding tert-OH is 1. The number of phosphoric ester groups is 2. The van der Waals surface area contributed by atoms with Gasteiger partial charge in [0.15, 0.2) is 12.2 Å². The Morgan fingerprint density at radius 3 is 0.747 bits per heavy atom. The number of esters is 4. The van der Waals surface area contributed by atoms with Crippen LogP contribution in [0.25, 0.3) is 0 Å². The van der Waals surface area contributed by atoms with E-state index in [1.807, 2.05) is 0 Å². The molecule has 0 aromatic heterocycles. The topological polar surface area (TPSA) is 237 Å². The number of hydrogen-bond acceptors (Lipinski definition) is 15. The van der Waals surface area contributed by atoms with Crippen LogP contribution < -0.4 is 0 Å². The van der Waals surface area contributed by atoms with Crippen molar-refractivity contribution in [1.29, 1.82) is 0 Å². The third kappa shape index (κ3) is 69.0. The molecule has 0 spiro atoms. The molecule has 0 amide bonds. The summed E-state index contributed by atoms with van der Waals surface area (Å²) in [5, 5.41) is 10.6. The van der Waals surface area contributed by atoms with E-state index in [0.29, 0.717) is 25.7 Å². The predicted molar refractivity (Wildman–Crippen MR) is 386 cm³/mol. The van der Waals surface area contributed by atoms with Crippen LogP contribution in [-0.2, 0) is 65.4 Å². The van der Waals surface area contributed by atoms with Crippen molar-refractivity contribution in [3.05, 3.63) is 0 Å². The monoisotopic (exact) mass is 1400 g/mol. The highest BCUT2D eigenvalue weighted by atomic mass is 31.2. The van der Waals surface area contributed by atoms with Gasteiger partial charge in [0.2, 0.25) is 0 Å². The van der Waals surface area contributed by atoms with Crippen LogP contribution in [0.4, 0.5) is 0 Å². The molecule has 0 aromatic carbocycles. The van der Waals surface area contributed by atoms with E-state index in [2.05, 4.69) is 55.4 Å². The first-order valence-corrected chi connectivity index (χ1v) is 42.2. The van der Waals surface area contributed by atoms with Gasteiger partial charge in [0, 0.05) is 25.7 Å². The molecule has 17 nitrogen and oxygen atoms in total. The SMILES string of the molecule is CCC(C)CCCCCCCCC(=O)OC[C@H](COP(=O)(O)OC[C@H](O)COP(=O)(O)OC[C@@H](COC(=O)CCCCCCCCCCCCCCCCC(C)C)OC(=O)CCCCCCCCCCCCCCC(C)C)OC(=O)CCCCCCCCCCCCC(C)C. The molecule has 0 aliphatic carbocycles. The molecular formula is C76H148O17P2. The molecule has 0 aromatic rings. The lowest BCUT2D eigenvalue weighted by molar-refractivity contribution is -0.161. The Bertz CT molecular complexity index is 1870. The first kappa shape index (κ1) is 93.1. The average Bonchev–Trinajstić information content (AvgIpc) is 1.44. The van der Waals surface area contributed by atoms with Crippen LogP contribution in [0.1, 0.15) is 383 Å². The summed E-state index contributed by atoms with van der Waals surface area (Å²) >= 11 is 0. The summed E-state index contributed by atoms with van der Waals surface area (Å²) in [6, 6.07) is 0. The smallest absolute Gasteiger partial charge is 0.462 e. The van der Waals surface area contributed by atoms with E-state index in [1.54, 1.807) is 0 Å². The number of phosphoric acid groups is 2. The highest BCUT2D eigenvalue weighted by Gasteiger charge is 2.30. The van der Waals surface area contributed by atoms with E-state index in [0.717, 1.165) is 120 Å². The van der Waals surface area contributed by atoms with Crippen molar-refractivity contribution in [2.24, 2.45) is 23.7 Å². The summed E-state index contributed by atoms with van der Waals surface area (Å²) in [7, 11) is -9.91. The first-order chi connectivity index (χ1) is 45.6. The van der Waals surface area contributed by atoms with Crippen LogP contribution >= 0.6 is 15.6 Å². The fourth-order valence-electron chi connectivity index (χ4n) is 11.5. The third-order valence-electron chi connectivity index (χ3n) is 17.9. The molecule has 0 heterocycles. The number of unbranched alkanes of at least 4 members (excludes halogenated alkanes) is 38. The van der Waals surface area contributed by atoms with E-state index in [4.69, 9.17) is 37.0 Å². The van der Waals surface area contributed by atoms with Gasteiger partial charge in [-0.3, -0.25) is 37.3 Å². The minimum Gasteiger partial charge on any atom is -0.462 e. The van der Waals surface area contributed by atoms with Gasteiger partial charge in [-0.05, 0) is 49.4 Å². The van der Waals surface area contributed by atoms with Crippen LogP contribution in [0.5, 0.6) is 0 Å². The maximum absolute atomic E-state index is 13.1. The van der Waals surface area contributed by atoms with Gasteiger partial charge < -0.3 is 33.8 Å². The molecule has 3 N–H and O–H groups in total. The summed E-state index contributed by atoms with van der Waals surface area (Å²) < 4.78 is 68.5. The average molecular weight is 1400 g/mol. The molecule has 95 heavy (non-hydrogen) atoms. The minimum absolute atomic E-state index is 0.105. The van der Waals surface area contributed by atoms with Gasteiger partial charge >= 0.3 is 39.5 Å². The van der Waals surface area contributed by atoms with E-state index in [9.17, 15) is 43.2 Å². The van der Waals surface area contributed by atoms with Crippen LogP contribution in [0.15, 0.2) is 0 Å². The minimum atomic E-state index is -4.96. The lowest BCUT2D eigenvalue weighted by atomic mass is 10.00. The molecule has 0 bridgehead atoms. The Morgan fingerprint density at radius 2 is 0.505 bits per heavy atom. The van der Waals surface area contributed by atoms with Gasteiger partial charge in [0.1, 0.15) is 19.3 Å². The molecule has 6 atom stereocenters. The van der Waals surface area contributed by atoms with Crippen molar-refractivity contribution in [2.45, 2.75) is 401 Å². The highest BCUT2D eigenvalue weighted by molar-refractivity contribution is 7.47. The molecule has 0 saturated carbocycles. The third-order valence-corrected chi connectivity index (χ3v) is 19.8. The molecular weight excluding hydrogens is 1250 g/mol. The normalized spacial score (nSPS) is 14.4. The Labute approximate surface area is 581 Å². The van der Waals surface area contributed by atoms with Gasteiger partial charge in [-0.2, -0.15) is 0 Å². The number of carbonyl (C=O) groups is 4. The summed E-state index contributed by atoms with van der Waals surface area (Å²) in [5.41, 5.74) is 0. The lowest BCUT2D eigenvalue weighted by Crippen LogP contribution is -2.30. The Hall–Kier alpha value is -1.94. The van der Waals surface area contributed by atoms with Crippen molar-refractivity contribution in [3.63, 3.8) is 0 Å². The van der Waals surface area contributed by atoms with E-state index < -0.39 is 97.5 Å². The van der Waals surface area contributed by atoms with Gasteiger partial charge in [-0.15, -0.1) is 0 Å². The number of ether oxygens (including phenoxy) is 4. The van der Waals surface area contributed by atoms with Gasteiger partial charge in [-0.1, -0.05) is 331 Å². The maximum atomic E-state index is 13.1. The zero-order valence-electron chi connectivity index (χ0n) is 62.3. The zero-order chi connectivity index (χ0) is 70.3. The Balaban J connectivity index is 5.25. The van der Waals surface area contributed by atoms with Gasteiger partial charge in [0.25, 0.3) is 0 Å². The quantitative estimate of drug-likeness (QED) is 0.0222. The molecule has 0 aliphatic heterocycles. The zero-order valence-corrected chi connectivity index (χ0v) is 64.1. The van der Waals surface area contributed by atoms with Gasteiger partial charge in [-0.25, -0.2) is 9.13 Å². The number of aliphatic hydroxyl groups is 1. The largest absolute Gasteiger partial charge is 0.472 e. The van der Waals surface area contributed by atoms with Crippen LogP contribution in [0, 0.1) is 23.7 Å². The van der Waals surface area contributed by atoms with Crippen molar-refractivity contribution >= 4 is 39.5 Å². The molecule has 0 aliphatic rings. The van der Waals surface area contributed by atoms with E-state index >= 15 is 0 Å². The maximum Gasteiger partial charge on any atom is 0.472 e. The number of rotatable bonds is 73. The fraction of sp³-hybridized carbons (Fsp3) is 0.947. The van der Waals surface area contributed by atoms with Crippen LogP contribution in [-0.4, -0.2) is 96.7 Å². The Kier molecular flexibility index (Phi) is 64.0. The summed E-state index contributed by atoms with van der Waals surface area (Å²) in [4.78, 5) is 72.8. The molecule has 0 rings (SSSR count). The fourth-order valence-corrected chi connectivity index (χ4v) is 13.1. The molecule has 19 heteroatoms. The first-order valence-electron chi connectivity index (χ1n) is 39.2. The number of carbonyl (C=O) groups excluding carboxylic acids is 4. The summed E-state index contributed by atoms with van der Waals surface area (Å²) in [6.07, 6.45) is 49.9. The second-order valence-corrected chi connectivity index (χ2v) is 32.0. The predicted octanol–water partition coefficient (Wildman–Crippen LogP) is 22.0. The summed E-state index contributed by atoms with van der Waals surface area (Å²) in [5.74, 6) is 0.937. The van der Waals surface area contributed by atoms with Crippen molar-refractivity contribution in [2.75, 3.05) is 39.6 Å². The van der Waals surface area contributed by atoms with Gasteiger partial charge in [0.05, 0.1) is 26.4 Å². The van der Waals surface area contributed by atoms with Crippen molar-refractivity contribution in [1.82, 2.24) is 0 Å². The van der Waals surface area contributed by atoms with E-state index in [-0.39, 0.29) is 25.7 Å². The summed E-state index contributed by atoms with van der Waals surface area (Å²) in [6.45, 7) is 14.2. The highest BCUT2D eigenvalue weighted by Crippen LogP contribution is 2.45. The molecule has 564 valence electrons. The second-order valence-electron chi connectivity index (χ2n) is 29.1. The molecule has 0 radical (unpaired) electrons. The standard InChI is InChI=1S/C76H148O17P2/c1-9-69(8)55-47-39-34-35-41-49-57-74(79)87-63-72(93-76(81)59-51-43-33-27-21-20-24-30-38-46-54-68(6)7)65-91-95(84,85)89-61-70(77)60-88-94(82,83)90-64-71(92-75(80)58-50-42-32-26-19-15-14-17-23-29-37-45-53-67(4)5)62-86-73(78)56-48-40-31-25-18-13-11-10-12-16-22-28-36-44-52-66(2)3/h66-72,77H,9-65H2,1-8H3,(H,82,83)(H,84,85)/t69?,70-,71-,72-/m1/s1.